The van der Waals surface area contributed by atoms with Crippen molar-refractivity contribution in [2.75, 3.05) is 0 Å². The van der Waals surface area contributed by atoms with E-state index >= 15 is 0 Å². The van der Waals surface area contributed by atoms with Crippen LogP contribution >= 0.6 is 0 Å². The van der Waals surface area contributed by atoms with Crippen LogP contribution in [0.2, 0.25) is 0 Å². The molecule has 0 amide bonds. The van der Waals surface area contributed by atoms with E-state index in [1.165, 1.54) is 5.56 Å². The van der Waals surface area contributed by atoms with Gasteiger partial charge in [0, 0.05) is 11.1 Å². The maximum Gasteiger partial charge on any atom is 0.0982 e. The van der Waals surface area contributed by atoms with Gasteiger partial charge >= 0.3 is 0 Å². The van der Waals surface area contributed by atoms with Crippen molar-refractivity contribution in [3.63, 3.8) is 0 Å². The molecule has 1 aromatic carbocycles. The number of nitrogens with zero attached hydrogens (tertiary/aromatic N) is 1. The Morgan fingerprint density at radius 2 is 2.21 bits per heavy atom. The Labute approximate surface area is 81.5 Å². The number of benzene rings is 1. The maximum atomic E-state index is 5.51. The van der Waals surface area contributed by atoms with Crippen molar-refractivity contribution in [1.82, 2.24) is 10.9 Å². The summed E-state index contributed by atoms with van der Waals surface area (Å²) in [5, 5.41) is 4.04. The van der Waals surface area contributed by atoms with Gasteiger partial charge in [-0.25, -0.2) is 0 Å². The van der Waals surface area contributed by atoms with E-state index in [-0.39, 0.29) is 6.04 Å². The molecule has 3 rings (SSSR count). The van der Waals surface area contributed by atoms with Crippen molar-refractivity contribution in [2.45, 2.75) is 6.04 Å². The average molecular weight is 186 g/mol. The Bertz CT molecular complexity index is 447. The summed E-state index contributed by atoms with van der Waals surface area (Å²) in [5.74, 6) is 5.51. The molecule has 4 heteroatoms. The molecule has 1 aromatic rings. The molecule has 0 radical (unpaired) electrons. The Morgan fingerprint density at radius 1 is 1.36 bits per heavy atom. The summed E-state index contributed by atoms with van der Waals surface area (Å²) in [6, 6.07) is 8.36. The first-order chi connectivity index (χ1) is 6.92. The fourth-order valence-corrected chi connectivity index (χ4v) is 2.06. The first kappa shape index (κ1) is 7.58. The molecule has 4 nitrogen and oxygen atoms in total. The second kappa shape index (κ2) is 2.59. The Balaban J connectivity index is 2.25. The van der Waals surface area contributed by atoms with Crippen LogP contribution in [-0.2, 0) is 0 Å². The quantitative estimate of drug-likeness (QED) is 0.442. The van der Waals surface area contributed by atoms with E-state index in [4.69, 9.17) is 5.84 Å². The van der Waals surface area contributed by atoms with Gasteiger partial charge < -0.3 is 5.43 Å². The van der Waals surface area contributed by atoms with Gasteiger partial charge in [-0.05, 0) is 5.56 Å². The molecule has 1 aliphatic carbocycles. The first-order valence-corrected chi connectivity index (χ1v) is 4.50. The molecular formula is C10H10N4. The van der Waals surface area contributed by atoms with E-state index in [0.717, 1.165) is 16.8 Å². The minimum absolute atomic E-state index is 0.178. The zero-order chi connectivity index (χ0) is 9.54. The van der Waals surface area contributed by atoms with Gasteiger partial charge in [-0.1, -0.05) is 24.3 Å². The highest BCUT2D eigenvalue weighted by molar-refractivity contribution is 5.97. The highest BCUT2D eigenvalue weighted by Crippen LogP contribution is 2.39. The minimum atomic E-state index is 0.178. The number of hydrazine groups is 1. The van der Waals surface area contributed by atoms with Crippen LogP contribution in [0.5, 0.6) is 0 Å². The summed E-state index contributed by atoms with van der Waals surface area (Å²) in [6.45, 7) is 0. The molecule has 0 saturated carbocycles. The topological polar surface area (TPSA) is 62.4 Å². The van der Waals surface area contributed by atoms with E-state index in [2.05, 4.69) is 28.1 Å². The molecule has 4 N–H and O–H groups in total. The fourth-order valence-electron chi connectivity index (χ4n) is 2.06. The SMILES string of the molecule is NNC1=C2C=NNC2c2ccccc21. The summed E-state index contributed by atoms with van der Waals surface area (Å²) in [5.41, 5.74) is 10.3. The molecular weight excluding hydrogens is 176 g/mol. The summed E-state index contributed by atoms with van der Waals surface area (Å²) in [6.07, 6.45) is 1.82. The van der Waals surface area contributed by atoms with Gasteiger partial charge in [0.1, 0.15) is 0 Å². The van der Waals surface area contributed by atoms with Crippen LogP contribution in [0.1, 0.15) is 17.2 Å². The second-order valence-electron chi connectivity index (χ2n) is 3.38. The number of hydrogen-bond acceptors (Lipinski definition) is 4. The van der Waals surface area contributed by atoms with Crippen LogP contribution in [0.15, 0.2) is 34.9 Å². The van der Waals surface area contributed by atoms with Crippen molar-refractivity contribution < 1.29 is 0 Å². The summed E-state index contributed by atoms with van der Waals surface area (Å²) >= 11 is 0. The third-order valence-corrected chi connectivity index (χ3v) is 2.69. The molecule has 1 unspecified atom stereocenters. The zero-order valence-electron chi connectivity index (χ0n) is 7.49. The molecule has 0 saturated heterocycles. The minimum Gasteiger partial charge on any atom is -0.323 e. The van der Waals surface area contributed by atoms with Gasteiger partial charge in [0.2, 0.25) is 0 Å². The van der Waals surface area contributed by atoms with Crippen LogP contribution in [0.3, 0.4) is 0 Å². The standard InChI is InChI=1S/C10H10N4/c11-13-9-6-3-1-2-4-7(6)10-8(9)5-12-14-10/h1-5,10,13-14H,11H2. The van der Waals surface area contributed by atoms with E-state index in [0.29, 0.717) is 0 Å². The molecule has 1 atom stereocenters. The van der Waals surface area contributed by atoms with E-state index in [1.54, 1.807) is 0 Å². The molecule has 0 aromatic heterocycles. The van der Waals surface area contributed by atoms with Gasteiger partial charge in [-0.3, -0.25) is 11.3 Å². The molecule has 1 heterocycles. The van der Waals surface area contributed by atoms with Crippen molar-refractivity contribution in [3.8, 4) is 0 Å². The molecule has 14 heavy (non-hydrogen) atoms. The van der Waals surface area contributed by atoms with Crippen molar-refractivity contribution in [2.24, 2.45) is 10.9 Å². The Morgan fingerprint density at radius 3 is 3.07 bits per heavy atom. The smallest absolute Gasteiger partial charge is 0.0982 e. The first-order valence-electron chi connectivity index (χ1n) is 4.50. The lowest BCUT2D eigenvalue weighted by Gasteiger charge is -2.07. The summed E-state index contributed by atoms with van der Waals surface area (Å²) in [4.78, 5) is 0. The van der Waals surface area contributed by atoms with Crippen LogP contribution in [-0.4, -0.2) is 6.21 Å². The fraction of sp³-hybridized carbons (Fsp3) is 0.100. The average Bonchev–Trinajstić information content (AvgIpc) is 2.77. The van der Waals surface area contributed by atoms with Gasteiger partial charge in [0.25, 0.3) is 0 Å². The molecule has 2 aliphatic rings. The predicted octanol–water partition coefficient (Wildman–Crippen LogP) is 0.505. The highest BCUT2D eigenvalue weighted by atomic mass is 15.3. The lowest BCUT2D eigenvalue weighted by Crippen LogP contribution is -2.20. The zero-order valence-corrected chi connectivity index (χ0v) is 7.49. The van der Waals surface area contributed by atoms with Crippen molar-refractivity contribution in [3.05, 3.63) is 41.0 Å². The number of hydrogen-bond donors (Lipinski definition) is 3. The molecule has 0 spiro atoms. The Kier molecular flexibility index (Phi) is 1.40. The largest absolute Gasteiger partial charge is 0.323 e. The predicted molar refractivity (Wildman–Crippen MR) is 55.1 cm³/mol. The van der Waals surface area contributed by atoms with Crippen LogP contribution in [0.4, 0.5) is 0 Å². The monoisotopic (exact) mass is 186 g/mol. The van der Waals surface area contributed by atoms with Crippen LogP contribution < -0.4 is 16.7 Å². The summed E-state index contributed by atoms with van der Waals surface area (Å²) in [7, 11) is 0. The number of nitrogens with one attached hydrogen (secondary N) is 2. The molecule has 70 valence electrons. The van der Waals surface area contributed by atoms with Gasteiger partial charge in [0.15, 0.2) is 0 Å². The number of nitrogens with two attached hydrogens (primary N) is 1. The summed E-state index contributed by atoms with van der Waals surface area (Å²) < 4.78 is 0. The van der Waals surface area contributed by atoms with Gasteiger partial charge in [0.05, 0.1) is 18.0 Å². The van der Waals surface area contributed by atoms with E-state index in [1.807, 2.05) is 18.3 Å². The van der Waals surface area contributed by atoms with Gasteiger partial charge in [-0.2, -0.15) is 5.10 Å². The van der Waals surface area contributed by atoms with Gasteiger partial charge in [-0.15, -0.1) is 0 Å². The normalized spacial score (nSPS) is 21.9. The third-order valence-electron chi connectivity index (χ3n) is 2.69. The molecule has 0 fully saturated rings. The van der Waals surface area contributed by atoms with E-state index < -0.39 is 0 Å². The lowest BCUT2D eigenvalue weighted by atomic mass is 10.1. The molecule has 0 bridgehead atoms. The molecule has 1 aliphatic heterocycles. The number of fused-ring (bicyclic) bond motifs is 3. The Hall–Kier alpha value is -1.81. The number of hydrazone groups is 1. The highest BCUT2D eigenvalue weighted by Gasteiger charge is 2.32. The van der Waals surface area contributed by atoms with Crippen molar-refractivity contribution in [1.29, 1.82) is 0 Å². The third kappa shape index (κ3) is 0.781. The number of rotatable bonds is 1. The van der Waals surface area contributed by atoms with E-state index in [9.17, 15) is 0 Å². The lowest BCUT2D eigenvalue weighted by molar-refractivity contribution is 0.687. The van der Waals surface area contributed by atoms with Crippen LogP contribution in [0, 0.1) is 0 Å². The van der Waals surface area contributed by atoms with Crippen molar-refractivity contribution >= 4 is 11.9 Å². The van der Waals surface area contributed by atoms with Crippen LogP contribution in [0.25, 0.3) is 5.70 Å². The second-order valence-corrected chi connectivity index (χ2v) is 3.38. The maximum absolute atomic E-state index is 5.51.